The van der Waals surface area contributed by atoms with Crippen molar-refractivity contribution in [2.45, 2.75) is 112 Å². The molecule has 2 N–H and O–H groups in total. The van der Waals surface area contributed by atoms with Gasteiger partial charge in [-0.3, -0.25) is 4.79 Å². The number of carbonyl (C=O) groups excluding carboxylic acids is 1. The van der Waals surface area contributed by atoms with Gasteiger partial charge in [-0.1, -0.05) is 58.9 Å². The SMILES string of the molecule is C=C(C)C1CC[C@]2(C(=O)O)CC[C@]3(C)C(CC[C@@H]4[C@@]5(C)CC[C@H](OC(=O)/C=C\c6ccc(O)cc6)C(C)(C)C5CC[C@]43C)C12. The number of carboxylic acids is 1. The number of phenols is 1. The van der Waals surface area contributed by atoms with Gasteiger partial charge in [0.05, 0.1) is 5.41 Å². The number of allylic oxidation sites excluding steroid dienone is 1. The molecule has 1 aromatic rings. The zero-order chi connectivity index (χ0) is 31.9. The van der Waals surface area contributed by atoms with E-state index in [0.29, 0.717) is 23.7 Å². The Bertz CT molecular complexity index is 1360. The molecule has 0 aliphatic heterocycles. The average Bonchev–Trinajstić information content (AvgIpc) is 3.36. The van der Waals surface area contributed by atoms with Crippen molar-refractivity contribution < 1.29 is 24.5 Å². The smallest absolute Gasteiger partial charge is 0.331 e. The van der Waals surface area contributed by atoms with E-state index in [0.717, 1.165) is 69.8 Å². The van der Waals surface area contributed by atoms with Gasteiger partial charge >= 0.3 is 11.9 Å². The summed E-state index contributed by atoms with van der Waals surface area (Å²) in [5.41, 5.74) is 1.71. The topological polar surface area (TPSA) is 83.8 Å². The second kappa shape index (κ2) is 10.5. The van der Waals surface area contributed by atoms with E-state index in [1.807, 2.05) is 0 Å². The highest BCUT2D eigenvalue weighted by Crippen LogP contribution is 2.77. The molecule has 5 fully saturated rings. The van der Waals surface area contributed by atoms with Crippen molar-refractivity contribution in [1.29, 1.82) is 0 Å². The van der Waals surface area contributed by atoms with E-state index in [1.165, 1.54) is 11.6 Å². The van der Waals surface area contributed by atoms with E-state index in [4.69, 9.17) is 4.74 Å². The number of esters is 1. The van der Waals surface area contributed by atoms with E-state index < -0.39 is 11.4 Å². The third kappa shape index (κ3) is 4.37. The molecule has 4 unspecified atom stereocenters. The summed E-state index contributed by atoms with van der Waals surface area (Å²) in [7, 11) is 0. The Kier molecular flexibility index (Phi) is 7.49. The number of rotatable bonds is 5. The van der Waals surface area contributed by atoms with E-state index in [9.17, 15) is 19.8 Å². The number of benzene rings is 1. The maximum atomic E-state index is 13.0. The van der Waals surface area contributed by atoms with Crippen LogP contribution in [-0.4, -0.2) is 28.3 Å². The molecule has 0 saturated heterocycles. The number of aliphatic carboxylic acids is 1. The molecule has 0 bridgehead atoms. The molecular weight excluding hydrogens is 548 g/mol. The molecule has 0 spiro atoms. The Labute approximate surface area is 264 Å². The lowest BCUT2D eigenvalue weighted by atomic mass is 9.32. The predicted molar refractivity (Wildman–Crippen MR) is 174 cm³/mol. The van der Waals surface area contributed by atoms with Crippen molar-refractivity contribution in [2.24, 2.45) is 56.7 Å². The Morgan fingerprint density at radius 1 is 0.864 bits per heavy atom. The van der Waals surface area contributed by atoms with Crippen molar-refractivity contribution in [3.63, 3.8) is 0 Å². The average molecular weight is 603 g/mol. The highest BCUT2D eigenvalue weighted by Gasteiger charge is 2.72. The second-order valence-corrected chi connectivity index (χ2v) is 16.9. The number of carboxylic acid groups (broad SMARTS) is 1. The zero-order valence-electron chi connectivity index (χ0n) is 27.8. The van der Waals surface area contributed by atoms with E-state index in [2.05, 4.69) is 48.1 Å². The third-order valence-electron chi connectivity index (χ3n) is 15.0. The maximum Gasteiger partial charge on any atom is 0.331 e. The Morgan fingerprint density at radius 3 is 2.23 bits per heavy atom. The molecule has 5 nitrogen and oxygen atoms in total. The van der Waals surface area contributed by atoms with Crippen molar-refractivity contribution in [3.8, 4) is 5.75 Å². The molecule has 5 aliphatic rings. The van der Waals surface area contributed by atoms with Crippen LogP contribution in [0.3, 0.4) is 0 Å². The number of phenolic OH excluding ortho intramolecular Hbond substituents is 1. The summed E-state index contributed by atoms with van der Waals surface area (Å²) in [6.07, 6.45) is 13.2. The summed E-state index contributed by atoms with van der Waals surface area (Å²) in [5, 5.41) is 20.2. The third-order valence-corrected chi connectivity index (χ3v) is 15.0. The van der Waals surface area contributed by atoms with E-state index >= 15 is 0 Å². The Morgan fingerprint density at radius 2 is 1.57 bits per heavy atom. The highest BCUT2D eigenvalue weighted by molar-refractivity contribution is 5.87. The lowest BCUT2D eigenvalue weighted by Gasteiger charge is -2.72. The molecule has 0 aromatic heterocycles. The molecule has 0 amide bonds. The first kappa shape index (κ1) is 31.4. The Balaban J connectivity index is 1.24. The first-order valence-electron chi connectivity index (χ1n) is 17.2. The fourth-order valence-corrected chi connectivity index (χ4v) is 12.6. The molecule has 0 radical (unpaired) electrons. The number of fused-ring (bicyclic) bond motifs is 7. The van der Waals surface area contributed by atoms with E-state index in [-0.39, 0.29) is 45.4 Å². The summed E-state index contributed by atoms with van der Waals surface area (Å²) < 4.78 is 6.19. The lowest BCUT2D eigenvalue weighted by molar-refractivity contribution is -0.250. The van der Waals surface area contributed by atoms with Crippen LogP contribution in [-0.2, 0) is 14.3 Å². The van der Waals surface area contributed by atoms with Crippen LogP contribution in [0, 0.1) is 56.7 Å². The molecule has 6 rings (SSSR count). The predicted octanol–water partition coefficient (Wildman–Crippen LogP) is 9.06. The minimum absolute atomic E-state index is 0.109. The minimum Gasteiger partial charge on any atom is -0.508 e. The molecule has 0 heterocycles. The number of aromatic hydroxyl groups is 1. The molecule has 1 aromatic carbocycles. The van der Waals surface area contributed by atoms with Crippen LogP contribution in [0.25, 0.3) is 6.08 Å². The molecule has 5 aliphatic carbocycles. The minimum atomic E-state index is -0.585. The van der Waals surface area contributed by atoms with Gasteiger partial charge in [-0.15, -0.1) is 0 Å². The maximum absolute atomic E-state index is 13.0. The summed E-state index contributed by atoms with van der Waals surface area (Å²) in [6.45, 7) is 18.8. The normalized spacial score (nSPS) is 44.1. The summed E-state index contributed by atoms with van der Waals surface area (Å²) in [6, 6.07) is 6.79. The fraction of sp³-hybridized carbons (Fsp3) is 0.692. The molecular formula is C39H54O5. The highest BCUT2D eigenvalue weighted by atomic mass is 16.5. The van der Waals surface area contributed by atoms with Crippen molar-refractivity contribution in [1.82, 2.24) is 0 Å². The van der Waals surface area contributed by atoms with Gasteiger partial charge in [0.2, 0.25) is 0 Å². The number of hydrogen-bond donors (Lipinski definition) is 2. The van der Waals surface area contributed by atoms with Crippen molar-refractivity contribution in [3.05, 3.63) is 48.1 Å². The summed E-state index contributed by atoms with van der Waals surface area (Å²) >= 11 is 0. The van der Waals surface area contributed by atoms with Crippen LogP contribution >= 0.6 is 0 Å². The molecule has 44 heavy (non-hydrogen) atoms. The molecule has 5 heteroatoms. The quantitative estimate of drug-likeness (QED) is 0.200. The monoisotopic (exact) mass is 602 g/mol. The number of hydrogen-bond acceptors (Lipinski definition) is 4. The summed E-state index contributed by atoms with van der Waals surface area (Å²) in [4.78, 5) is 25.9. The van der Waals surface area contributed by atoms with Crippen molar-refractivity contribution in [2.75, 3.05) is 0 Å². The van der Waals surface area contributed by atoms with Crippen LogP contribution in [0.5, 0.6) is 5.75 Å². The van der Waals surface area contributed by atoms with Crippen LogP contribution < -0.4 is 0 Å². The van der Waals surface area contributed by atoms with Crippen LogP contribution in [0.1, 0.15) is 111 Å². The van der Waals surface area contributed by atoms with Crippen LogP contribution in [0.4, 0.5) is 0 Å². The van der Waals surface area contributed by atoms with Gasteiger partial charge in [-0.2, -0.15) is 0 Å². The van der Waals surface area contributed by atoms with Crippen LogP contribution in [0.15, 0.2) is 42.5 Å². The van der Waals surface area contributed by atoms with Crippen molar-refractivity contribution >= 4 is 18.0 Å². The summed E-state index contributed by atoms with van der Waals surface area (Å²) in [5.74, 6) is 1.29. The van der Waals surface area contributed by atoms with Gasteiger partial charge in [0, 0.05) is 11.5 Å². The van der Waals surface area contributed by atoms with Gasteiger partial charge in [0.25, 0.3) is 0 Å². The first-order valence-corrected chi connectivity index (χ1v) is 17.2. The van der Waals surface area contributed by atoms with Crippen LogP contribution in [0.2, 0.25) is 0 Å². The van der Waals surface area contributed by atoms with Gasteiger partial charge < -0.3 is 14.9 Å². The lowest BCUT2D eigenvalue weighted by Crippen LogP contribution is -2.67. The standard InChI is InChI=1S/C39H54O5/c1-24(2)27-16-21-39(34(42)43)23-22-37(6)28(33(27)39)13-14-30-36(5)19-18-31(35(3,4)29(36)17-20-38(30,37)7)44-32(41)15-10-25-8-11-26(40)12-9-25/h8-12,15,27-31,33,40H,1,13-14,16-23H2,2-7H3,(H,42,43)/b15-10-/t27?,28?,29?,30-,31+,33?,36+,37-,38-,39+/m1/s1. The molecule has 5 saturated carbocycles. The van der Waals surface area contributed by atoms with E-state index in [1.54, 1.807) is 30.3 Å². The van der Waals surface area contributed by atoms with Gasteiger partial charge in [-0.05, 0) is 141 Å². The Hall–Kier alpha value is -2.56. The molecule has 240 valence electrons. The number of carbonyl (C=O) groups is 2. The molecule has 10 atom stereocenters. The fourth-order valence-electron chi connectivity index (χ4n) is 12.6. The first-order chi connectivity index (χ1) is 20.6. The van der Waals surface area contributed by atoms with Gasteiger partial charge in [0.1, 0.15) is 11.9 Å². The van der Waals surface area contributed by atoms with Gasteiger partial charge in [0.15, 0.2) is 0 Å². The zero-order valence-corrected chi connectivity index (χ0v) is 27.8. The second-order valence-electron chi connectivity index (χ2n) is 16.9. The largest absolute Gasteiger partial charge is 0.508 e. The van der Waals surface area contributed by atoms with Gasteiger partial charge in [-0.25, -0.2) is 4.79 Å². The number of ether oxygens (including phenoxy) is 1.